The second-order valence-electron chi connectivity index (χ2n) is 5.51. The Morgan fingerprint density at radius 1 is 1.38 bits per heavy atom. The molecule has 1 aliphatic rings. The van der Waals surface area contributed by atoms with Gasteiger partial charge in [-0.05, 0) is 48.7 Å². The monoisotopic (exact) mass is 365 g/mol. The molecule has 24 heavy (non-hydrogen) atoms. The van der Waals surface area contributed by atoms with E-state index in [2.05, 4.69) is 0 Å². The van der Waals surface area contributed by atoms with Crippen LogP contribution < -0.4 is 9.64 Å². The van der Waals surface area contributed by atoms with Gasteiger partial charge in [-0.1, -0.05) is 17.7 Å². The van der Waals surface area contributed by atoms with E-state index in [-0.39, 0.29) is 11.7 Å². The molecule has 0 fully saturated rings. The number of aryl methyl sites for hydroxylation is 1. The Labute approximate surface area is 149 Å². The number of hydrogen-bond acceptors (Lipinski definition) is 3. The highest BCUT2D eigenvalue weighted by atomic mass is 35.5. The van der Waals surface area contributed by atoms with Crippen LogP contribution in [0.25, 0.3) is 0 Å². The Morgan fingerprint density at radius 2 is 2.21 bits per heavy atom. The lowest BCUT2D eigenvalue weighted by Gasteiger charge is -2.30. The molecule has 0 atom stereocenters. The van der Waals surface area contributed by atoms with Crippen molar-refractivity contribution >= 4 is 35.0 Å². The molecule has 3 nitrogen and oxygen atoms in total. The highest BCUT2D eigenvalue weighted by Gasteiger charge is 2.26. The summed E-state index contributed by atoms with van der Waals surface area (Å²) in [5, 5.41) is 0.367. The number of rotatable bonds is 4. The third kappa shape index (κ3) is 3.68. The molecule has 0 radical (unpaired) electrons. The number of benzene rings is 2. The summed E-state index contributed by atoms with van der Waals surface area (Å²) in [5.74, 6) is 0.452. The summed E-state index contributed by atoms with van der Waals surface area (Å²) in [6, 6.07) is 10.5. The molecule has 0 aliphatic carbocycles. The van der Waals surface area contributed by atoms with Crippen molar-refractivity contribution in [3.63, 3.8) is 0 Å². The van der Waals surface area contributed by atoms with E-state index in [1.54, 1.807) is 13.2 Å². The molecular formula is C18H17ClFNO2S. The maximum Gasteiger partial charge on any atom is 0.237 e. The fourth-order valence-corrected chi connectivity index (χ4v) is 3.86. The summed E-state index contributed by atoms with van der Waals surface area (Å²) >= 11 is 7.34. The Morgan fingerprint density at radius 3 is 3.00 bits per heavy atom. The number of anilines is 1. The number of thioether (sulfide) groups is 1. The van der Waals surface area contributed by atoms with E-state index in [1.165, 1.54) is 22.7 Å². The first-order chi connectivity index (χ1) is 11.6. The van der Waals surface area contributed by atoms with E-state index >= 15 is 0 Å². The van der Waals surface area contributed by atoms with Crippen LogP contribution in [0.3, 0.4) is 0 Å². The molecule has 0 bridgehead atoms. The summed E-state index contributed by atoms with van der Waals surface area (Å²) in [6.45, 7) is 0.531. The van der Waals surface area contributed by atoms with Crippen molar-refractivity contribution in [1.29, 1.82) is 0 Å². The van der Waals surface area contributed by atoms with E-state index in [0.29, 0.717) is 17.3 Å². The molecule has 0 saturated carbocycles. The predicted molar refractivity (Wildman–Crippen MR) is 95.8 cm³/mol. The molecule has 0 aromatic heterocycles. The molecule has 1 heterocycles. The average molecular weight is 366 g/mol. The summed E-state index contributed by atoms with van der Waals surface area (Å²) in [7, 11) is 1.60. The maximum atomic E-state index is 14.3. The molecule has 0 unspecified atom stereocenters. The van der Waals surface area contributed by atoms with Gasteiger partial charge in [-0.3, -0.25) is 4.79 Å². The number of methoxy groups -OCH3 is 1. The smallest absolute Gasteiger partial charge is 0.237 e. The summed E-state index contributed by atoms with van der Waals surface area (Å²) in [6.07, 6.45) is 1.54. The van der Waals surface area contributed by atoms with Gasteiger partial charge in [0, 0.05) is 16.5 Å². The van der Waals surface area contributed by atoms with Crippen LogP contribution in [0.1, 0.15) is 12.0 Å². The minimum absolute atomic E-state index is 0.106. The molecule has 2 aromatic carbocycles. The zero-order valence-electron chi connectivity index (χ0n) is 13.2. The first-order valence-electron chi connectivity index (χ1n) is 7.63. The fraction of sp³-hybridized carbons (Fsp3) is 0.278. The van der Waals surface area contributed by atoms with E-state index in [1.807, 2.05) is 24.3 Å². The van der Waals surface area contributed by atoms with Crippen LogP contribution in [-0.2, 0) is 11.2 Å². The minimum atomic E-state index is -0.433. The molecule has 0 spiro atoms. The van der Waals surface area contributed by atoms with Gasteiger partial charge in [0.05, 0.1) is 18.6 Å². The topological polar surface area (TPSA) is 29.5 Å². The van der Waals surface area contributed by atoms with Crippen molar-refractivity contribution in [3.05, 3.63) is 52.8 Å². The summed E-state index contributed by atoms with van der Waals surface area (Å²) in [5.41, 5.74) is 1.17. The van der Waals surface area contributed by atoms with Gasteiger partial charge in [-0.25, -0.2) is 4.39 Å². The lowest BCUT2D eigenvalue weighted by molar-refractivity contribution is -0.116. The second-order valence-corrected chi connectivity index (χ2v) is 7.00. The van der Waals surface area contributed by atoms with E-state index in [0.717, 1.165) is 29.1 Å². The quantitative estimate of drug-likeness (QED) is 0.744. The van der Waals surface area contributed by atoms with Gasteiger partial charge in [0.1, 0.15) is 11.6 Å². The minimum Gasteiger partial charge on any atom is -0.497 e. The van der Waals surface area contributed by atoms with E-state index in [9.17, 15) is 9.18 Å². The predicted octanol–water partition coefficient (Wildman–Crippen LogP) is 4.56. The number of carbonyl (C=O) groups is 1. The van der Waals surface area contributed by atoms with Crippen LogP contribution in [0.4, 0.5) is 10.1 Å². The molecule has 0 N–H and O–H groups in total. The Kier molecular flexibility index (Phi) is 5.31. The highest BCUT2D eigenvalue weighted by molar-refractivity contribution is 8.00. The lowest BCUT2D eigenvalue weighted by Crippen LogP contribution is -2.37. The Hall–Kier alpha value is -1.72. The average Bonchev–Trinajstić information content (AvgIpc) is 2.59. The second kappa shape index (κ2) is 7.45. The molecular weight excluding hydrogens is 349 g/mol. The highest BCUT2D eigenvalue weighted by Crippen LogP contribution is 2.33. The van der Waals surface area contributed by atoms with Gasteiger partial charge >= 0.3 is 0 Å². The maximum absolute atomic E-state index is 14.3. The Balaban J connectivity index is 1.75. The normalized spacial score (nSPS) is 13.5. The van der Waals surface area contributed by atoms with Crippen LogP contribution in [0.5, 0.6) is 5.75 Å². The van der Waals surface area contributed by atoms with Gasteiger partial charge in [-0.2, -0.15) is 0 Å². The van der Waals surface area contributed by atoms with Crippen molar-refractivity contribution in [2.75, 3.05) is 24.3 Å². The zero-order chi connectivity index (χ0) is 17.1. The molecule has 1 amide bonds. The van der Waals surface area contributed by atoms with Crippen LogP contribution in [-0.4, -0.2) is 25.3 Å². The first kappa shape index (κ1) is 17.1. The molecule has 1 aliphatic heterocycles. The fourth-order valence-electron chi connectivity index (χ4n) is 2.81. The third-order valence-corrected chi connectivity index (χ3v) is 5.11. The number of nitrogens with zero attached hydrogens (tertiary/aromatic N) is 1. The molecule has 3 rings (SSSR count). The first-order valence-corrected chi connectivity index (χ1v) is 9.00. The largest absolute Gasteiger partial charge is 0.497 e. The van der Waals surface area contributed by atoms with Gasteiger partial charge < -0.3 is 9.64 Å². The van der Waals surface area contributed by atoms with Crippen molar-refractivity contribution in [1.82, 2.24) is 0 Å². The van der Waals surface area contributed by atoms with Crippen LogP contribution in [0.2, 0.25) is 5.02 Å². The van der Waals surface area contributed by atoms with Crippen molar-refractivity contribution < 1.29 is 13.9 Å². The molecule has 0 saturated heterocycles. The zero-order valence-corrected chi connectivity index (χ0v) is 14.8. The van der Waals surface area contributed by atoms with E-state index < -0.39 is 5.82 Å². The summed E-state index contributed by atoms with van der Waals surface area (Å²) < 4.78 is 19.5. The number of fused-ring (bicyclic) bond motifs is 1. The number of ether oxygens (including phenoxy) is 1. The van der Waals surface area contributed by atoms with Gasteiger partial charge in [-0.15, -0.1) is 11.8 Å². The van der Waals surface area contributed by atoms with Crippen molar-refractivity contribution in [2.24, 2.45) is 0 Å². The Bertz CT molecular complexity index is 769. The van der Waals surface area contributed by atoms with Crippen LogP contribution in [0.15, 0.2) is 41.3 Å². The number of amides is 1. The van der Waals surface area contributed by atoms with Gasteiger partial charge in [0.15, 0.2) is 0 Å². The van der Waals surface area contributed by atoms with Gasteiger partial charge in [0.25, 0.3) is 0 Å². The molecule has 126 valence electrons. The van der Waals surface area contributed by atoms with Gasteiger partial charge in [0.2, 0.25) is 5.91 Å². The summed E-state index contributed by atoms with van der Waals surface area (Å²) in [4.78, 5) is 15.1. The van der Waals surface area contributed by atoms with Crippen LogP contribution in [0, 0.1) is 5.82 Å². The number of hydrogen-bond donors (Lipinski definition) is 0. The van der Waals surface area contributed by atoms with Crippen molar-refractivity contribution in [2.45, 2.75) is 17.7 Å². The standard InChI is InChI=1S/C18H17ClFNO2S/c1-23-14-5-2-6-15(10-14)24-11-17(22)21-7-3-4-12-8-13(19)9-16(20)18(12)21/h2,5-6,8-10H,3-4,7,11H2,1H3. The SMILES string of the molecule is COc1cccc(SCC(=O)N2CCCc3cc(Cl)cc(F)c32)c1. The number of halogens is 2. The van der Waals surface area contributed by atoms with E-state index in [4.69, 9.17) is 16.3 Å². The van der Waals surface area contributed by atoms with Crippen molar-refractivity contribution in [3.8, 4) is 5.75 Å². The lowest BCUT2D eigenvalue weighted by atomic mass is 10.0. The number of carbonyl (C=O) groups excluding carboxylic acids is 1. The molecule has 6 heteroatoms. The third-order valence-electron chi connectivity index (χ3n) is 3.91. The van der Waals surface area contributed by atoms with Crippen LogP contribution >= 0.6 is 23.4 Å². The molecule has 2 aromatic rings.